The Labute approximate surface area is 281 Å². The molecule has 0 aromatic heterocycles. The standard InChI is InChI=1S/C21H25.C10H17Si.C6H10.2ClH.Zr/c1-20(2,3)16-9-7-14-11-15-8-10-17(21(4,5)6)13-19(15)18(14)12-16;1-8-6-9(2)10(7-8)11(3,4)5;1-2-4-6-5-3-1;;;/h7,9-10,12-13H,11H2,1-6H3;7-8H,1-5H3;1-5H2;2*1H;/q2*-1;;;;+2/p-2. The molecule has 2 aromatic rings. The van der Waals surface area contributed by atoms with Crippen molar-refractivity contribution in [2.45, 2.75) is 124 Å². The van der Waals surface area contributed by atoms with E-state index in [0.29, 0.717) is 5.92 Å². The Bertz CT molecular complexity index is 1180. The Morgan fingerprint density at radius 1 is 0.829 bits per heavy atom. The molecule has 0 heterocycles. The van der Waals surface area contributed by atoms with Crippen LogP contribution in [0.5, 0.6) is 0 Å². The van der Waals surface area contributed by atoms with E-state index < -0.39 is 8.07 Å². The van der Waals surface area contributed by atoms with Crippen LogP contribution in [0.3, 0.4) is 0 Å². The predicted molar refractivity (Wildman–Crippen MR) is 172 cm³/mol. The first kappa shape index (κ1) is 38.5. The van der Waals surface area contributed by atoms with Crippen molar-refractivity contribution in [3.8, 4) is 11.1 Å². The van der Waals surface area contributed by atoms with Crippen molar-refractivity contribution >= 4 is 11.3 Å². The molecule has 1 fully saturated rings. The van der Waals surface area contributed by atoms with Gasteiger partial charge >= 0.3 is 59.5 Å². The van der Waals surface area contributed by atoms with Crippen molar-refractivity contribution in [3.05, 3.63) is 81.6 Å². The third-order valence-corrected chi connectivity index (χ3v) is 11.4. The summed E-state index contributed by atoms with van der Waals surface area (Å²) in [7, 11) is -1.07. The fraction of sp³-hybridized carbons (Fsp3) is 0.541. The summed E-state index contributed by atoms with van der Waals surface area (Å²) in [5.74, 6) is 0.553. The second-order valence-corrected chi connectivity index (χ2v) is 21.7. The summed E-state index contributed by atoms with van der Waals surface area (Å²) in [4.78, 5) is 0. The SMILES string of the molecule is CC(C)(C)c1c[c-]c2c(c1)-c1cc(C(C)(C)C)ccc1C2.CC1=[C-]C(C)C=C1[Si](C)(C)C.[Cl-].[Cl-].[Zr+2]=[C]1CCCCC1. The molecule has 0 aliphatic heterocycles. The van der Waals surface area contributed by atoms with Crippen LogP contribution in [0.4, 0.5) is 0 Å². The van der Waals surface area contributed by atoms with Gasteiger partial charge in [0.25, 0.3) is 0 Å². The van der Waals surface area contributed by atoms with Crippen molar-refractivity contribution < 1.29 is 49.0 Å². The Kier molecular flexibility index (Phi) is 14.5. The van der Waals surface area contributed by atoms with E-state index in [2.05, 4.69) is 124 Å². The summed E-state index contributed by atoms with van der Waals surface area (Å²) < 4.78 is 1.80. The van der Waals surface area contributed by atoms with Gasteiger partial charge in [-0.25, -0.2) is 10.8 Å². The average Bonchev–Trinajstić information content (AvgIpc) is 3.37. The maximum atomic E-state index is 3.53. The molecule has 1 saturated carbocycles. The van der Waals surface area contributed by atoms with Gasteiger partial charge in [0.05, 0.1) is 0 Å². The van der Waals surface area contributed by atoms with Crippen LogP contribution in [-0.2, 0) is 41.5 Å². The summed E-state index contributed by atoms with van der Waals surface area (Å²) in [6.45, 7) is 25.2. The second kappa shape index (κ2) is 15.5. The van der Waals surface area contributed by atoms with Crippen LogP contribution in [0, 0.1) is 18.1 Å². The Hall–Kier alpha value is -0.530. The van der Waals surface area contributed by atoms with Gasteiger partial charge in [0.15, 0.2) is 0 Å². The molecular weight excluding hydrogens is 635 g/mol. The molecule has 0 bridgehead atoms. The normalized spacial score (nSPS) is 17.8. The molecule has 2 aromatic carbocycles. The molecule has 0 amide bonds. The summed E-state index contributed by atoms with van der Waals surface area (Å²) in [5.41, 5.74) is 10.2. The van der Waals surface area contributed by atoms with Crippen molar-refractivity contribution in [3.63, 3.8) is 0 Å². The van der Waals surface area contributed by atoms with Gasteiger partial charge in [-0.3, -0.25) is 6.08 Å². The summed E-state index contributed by atoms with van der Waals surface area (Å²) in [6, 6.07) is 15.1. The number of benzene rings is 2. The fourth-order valence-electron chi connectivity index (χ4n) is 5.61. The van der Waals surface area contributed by atoms with Crippen LogP contribution in [0.1, 0.15) is 110 Å². The third kappa shape index (κ3) is 10.8. The van der Waals surface area contributed by atoms with Crippen LogP contribution in [0.15, 0.2) is 47.2 Å². The zero-order chi connectivity index (χ0) is 29.2. The number of hydrogen-bond donors (Lipinski definition) is 0. The molecule has 0 nitrogen and oxygen atoms in total. The predicted octanol–water partition coefficient (Wildman–Crippen LogP) is 4.52. The van der Waals surface area contributed by atoms with Crippen LogP contribution >= 0.6 is 0 Å². The Balaban J connectivity index is 0.000000353. The first-order valence-corrected chi connectivity index (χ1v) is 19.8. The Morgan fingerprint density at radius 3 is 1.80 bits per heavy atom. The van der Waals surface area contributed by atoms with Crippen molar-refractivity contribution in [2.24, 2.45) is 5.92 Å². The molecule has 3 aliphatic rings. The van der Waals surface area contributed by atoms with Gasteiger partial charge in [0.1, 0.15) is 0 Å². The molecule has 224 valence electrons. The monoisotopic (exact) mass is 684 g/mol. The van der Waals surface area contributed by atoms with Gasteiger partial charge in [-0.1, -0.05) is 116 Å². The van der Waals surface area contributed by atoms with E-state index in [0.717, 1.165) is 6.42 Å². The van der Waals surface area contributed by atoms with Crippen LogP contribution < -0.4 is 24.8 Å². The van der Waals surface area contributed by atoms with Crippen molar-refractivity contribution in [2.75, 3.05) is 0 Å². The molecule has 5 rings (SSSR count). The van der Waals surface area contributed by atoms with Gasteiger partial charge in [-0.05, 0) is 25.5 Å². The second-order valence-electron chi connectivity index (χ2n) is 14.9. The molecule has 4 heteroatoms. The summed E-state index contributed by atoms with van der Waals surface area (Å²) in [6.07, 6.45) is 14.2. The van der Waals surface area contributed by atoms with Gasteiger partial charge in [-0.2, -0.15) is 35.4 Å². The Morgan fingerprint density at radius 2 is 1.39 bits per heavy atom. The van der Waals surface area contributed by atoms with Crippen molar-refractivity contribution in [1.82, 2.24) is 0 Å². The zero-order valence-corrected chi connectivity index (χ0v) is 32.5. The van der Waals surface area contributed by atoms with E-state index in [1.165, 1.54) is 71.1 Å². The fourth-order valence-corrected chi connectivity index (χ4v) is 8.43. The van der Waals surface area contributed by atoms with Gasteiger partial charge in [-0.15, -0.1) is 5.56 Å². The zero-order valence-electron chi connectivity index (χ0n) is 27.5. The minimum absolute atomic E-state index is 0. The molecule has 0 N–H and O–H groups in total. The summed E-state index contributed by atoms with van der Waals surface area (Å²) >= 11 is 1.69. The molecule has 1 unspecified atom stereocenters. The molecule has 41 heavy (non-hydrogen) atoms. The van der Waals surface area contributed by atoms with Crippen LogP contribution in [0.25, 0.3) is 11.1 Å². The number of halogens is 2. The first-order valence-electron chi connectivity index (χ1n) is 15.0. The number of hydrogen-bond acceptors (Lipinski definition) is 0. The third-order valence-electron chi connectivity index (χ3n) is 8.06. The molecular formula is C37H52Cl2SiZr-2. The van der Waals surface area contributed by atoms with Gasteiger partial charge in [0.2, 0.25) is 0 Å². The van der Waals surface area contributed by atoms with E-state index in [9.17, 15) is 0 Å². The van der Waals surface area contributed by atoms with Crippen molar-refractivity contribution in [1.29, 1.82) is 0 Å². The van der Waals surface area contributed by atoms with E-state index in [4.69, 9.17) is 0 Å². The van der Waals surface area contributed by atoms with Gasteiger partial charge < -0.3 is 24.8 Å². The number of fused-ring (bicyclic) bond motifs is 3. The molecule has 0 spiro atoms. The van der Waals surface area contributed by atoms with E-state index in [-0.39, 0.29) is 35.6 Å². The molecule has 1 atom stereocenters. The minimum atomic E-state index is -1.07. The van der Waals surface area contributed by atoms with Crippen LogP contribution in [-0.4, -0.2) is 11.3 Å². The molecule has 3 aliphatic carbocycles. The van der Waals surface area contributed by atoms with E-state index in [1.54, 1.807) is 32.6 Å². The molecule has 0 saturated heterocycles. The van der Waals surface area contributed by atoms with Crippen LogP contribution in [0.2, 0.25) is 19.6 Å². The quantitative estimate of drug-likeness (QED) is 0.261. The topological polar surface area (TPSA) is 0 Å². The summed E-state index contributed by atoms with van der Waals surface area (Å²) in [5, 5.41) is 1.60. The first-order chi connectivity index (χ1) is 18.0. The number of rotatable bonds is 1. The van der Waals surface area contributed by atoms with E-state index >= 15 is 0 Å². The van der Waals surface area contributed by atoms with Gasteiger partial charge in [0, 0.05) is 0 Å². The molecule has 0 radical (unpaired) electrons. The average molecular weight is 687 g/mol. The van der Waals surface area contributed by atoms with E-state index in [1.807, 2.05) is 0 Å². The maximum absolute atomic E-state index is 3.53. The number of allylic oxidation sites excluding steroid dienone is 4.